The Hall–Kier alpha value is -2.84. The third-order valence-electron chi connectivity index (χ3n) is 5.02. The highest BCUT2D eigenvalue weighted by atomic mass is 32.2. The lowest BCUT2D eigenvalue weighted by Gasteiger charge is -2.31. The van der Waals surface area contributed by atoms with Gasteiger partial charge in [-0.25, -0.2) is 0 Å². The van der Waals surface area contributed by atoms with Crippen molar-refractivity contribution in [2.24, 2.45) is 0 Å². The highest BCUT2D eigenvalue weighted by Crippen LogP contribution is 2.29. The predicted octanol–water partition coefficient (Wildman–Crippen LogP) is 2.86. The molecule has 2 aromatic carbocycles. The van der Waals surface area contributed by atoms with Crippen molar-refractivity contribution in [2.45, 2.75) is 18.1 Å². The fraction of sp³-hybridized carbons (Fsp3) is 0.318. The summed E-state index contributed by atoms with van der Waals surface area (Å²) in [6, 6.07) is 18.0. The molecule has 0 radical (unpaired) electrons. The van der Waals surface area contributed by atoms with E-state index in [0.29, 0.717) is 22.8 Å². The Labute approximate surface area is 180 Å². The summed E-state index contributed by atoms with van der Waals surface area (Å²) in [7, 11) is 1.64. The van der Waals surface area contributed by atoms with E-state index < -0.39 is 0 Å². The number of hydrogen-bond acceptors (Lipinski definition) is 6. The number of thioether (sulfide) groups is 1. The van der Waals surface area contributed by atoms with Crippen LogP contribution in [-0.4, -0.2) is 64.1 Å². The van der Waals surface area contributed by atoms with E-state index in [2.05, 4.69) is 22.4 Å². The van der Waals surface area contributed by atoms with Crippen LogP contribution in [0.4, 0.5) is 0 Å². The van der Waals surface area contributed by atoms with Gasteiger partial charge in [-0.2, -0.15) is 0 Å². The first-order chi connectivity index (χ1) is 14.7. The average molecular weight is 424 g/mol. The summed E-state index contributed by atoms with van der Waals surface area (Å²) in [4.78, 5) is 14.6. The molecule has 1 unspecified atom stereocenters. The number of nitrogens with one attached hydrogen (secondary N) is 1. The maximum atomic E-state index is 12.7. The van der Waals surface area contributed by atoms with Crippen molar-refractivity contribution in [3.63, 3.8) is 0 Å². The molecule has 1 atom stereocenters. The molecular weight excluding hydrogens is 398 g/mol. The number of rotatable bonds is 6. The lowest BCUT2D eigenvalue weighted by molar-refractivity contribution is -0.129. The summed E-state index contributed by atoms with van der Waals surface area (Å²) in [6.45, 7) is 4.40. The van der Waals surface area contributed by atoms with Gasteiger partial charge in [0.25, 0.3) is 0 Å². The molecule has 0 saturated carbocycles. The molecule has 0 bridgehead atoms. The van der Waals surface area contributed by atoms with Crippen LogP contribution < -0.4 is 10.1 Å². The van der Waals surface area contributed by atoms with Gasteiger partial charge < -0.3 is 15.0 Å². The molecule has 4 rings (SSSR count). The number of para-hydroxylation sites is 1. The van der Waals surface area contributed by atoms with Crippen molar-refractivity contribution >= 4 is 17.7 Å². The fourth-order valence-electron chi connectivity index (χ4n) is 3.50. The molecule has 8 heteroatoms. The largest absolute Gasteiger partial charge is 0.497 e. The molecule has 0 aliphatic carbocycles. The zero-order chi connectivity index (χ0) is 20.9. The van der Waals surface area contributed by atoms with Crippen LogP contribution >= 0.6 is 11.8 Å². The second-order valence-corrected chi connectivity index (χ2v) is 8.14. The van der Waals surface area contributed by atoms with Crippen LogP contribution in [0.15, 0.2) is 59.8 Å². The topological polar surface area (TPSA) is 72.3 Å². The van der Waals surface area contributed by atoms with E-state index in [9.17, 15) is 4.79 Å². The zero-order valence-corrected chi connectivity index (χ0v) is 17.9. The summed E-state index contributed by atoms with van der Waals surface area (Å²) in [5.74, 6) is 1.92. The van der Waals surface area contributed by atoms with Gasteiger partial charge in [0.1, 0.15) is 5.75 Å². The Morgan fingerprint density at radius 1 is 1.20 bits per heavy atom. The van der Waals surface area contributed by atoms with E-state index in [1.165, 1.54) is 11.8 Å². The second-order valence-electron chi connectivity index (χ2n) is 7.19. The SMILES string of the molecule is COc1cccc(-c2nnc(SCC(=O)N3CCNC(C)C3)n2-c2ccccc2)c1. The molecule has 1 aliphatic heterocycles. The first kappa shape index (κ1) is 20.4. The van der Waals surface area contributed by atoms with Gasteiger partial charge in [0.2, 0.25) is 5.91 Å². The number of methoxy groups -OCH3 is 1. The molecule has 1 amide bonds. The Morgan fingerprint density at radius 3 is 2.80 bits per heavy atom. The van der Waals surface area contributed by atoms with E-state index in [-0.39, 0.29) is 5.91 Å². The van der Waals surface area contributed by atoms with Crippen LogP contribution in [0.25, 0.3) is 17.1 Å². The number of piperazine rings is 1. The van der Waals surface area contributed by atoms with Crippen LogP contribution in [0.2, 0.25) is 0 Å². The van der Waals surface area contributed by atoms with Crippen molar-refractivity contribution in [2.75, 3.05) is 32.5 Å². The number of ether oxygens (including phenoxy) is 1. The molecule has 0 spiro atoms. The molecule has 1 aliphatic rings. The molecule has 1 fully saturated rings. The normalized spacial score (nSPS) is 16.5. The van der Waals surface area contributed by atoms with Gasteiger partial charge in [-0.05, 0) is 31.2 Å². The van der Waals surface area contributed by atoms with Crippen molar-refractivity contribution < 1.29 is 9.53 Å². The van der Waals surface area contributed by atoms with Crippen molar-refractivity contribution in [3.05, 3.63) is 54.6 Å². The van der Waals surface area contributed by atoms with Crippen molar-refractivity contribution in [1.29, 1.82) is 0 Å². The number of benzene rings is 2. The quantitative estimate of drug-likeness (QED) is 0.615. The first-order valence-corrected chi connectivity index (χ1v) is 10.9. The van der Waals surface area contributed by atoms with Gasteiger partial charge >= 0.3 is 0 Å². The fourth-order valence-corrected chi connectivity index (χ4v) is 4.35. The monoisotopic (exact) mass is 423 g/mol. The number of hydrogen-bond donors (Lipinski definition) is 1. The van der Waals surface area contributed by atoms with Gasteiger partial charge in [-0.15, -0.1) is 10.2 Å². The minimum atomic E-state index is 0.124. The molecule has 1 saturated heterocycles. The molecule has 1 aromatic heterocycles. The second kappa shape index (κ2) is 9.32. The number of aromatic nitrogens is 3. The summed E-state index contributed by atoms with van der Waals surface area (Å²) in [5.41, 5.74) is 1.85. The Bertz CT molecular complexity index is 1010. The van der Waals surface area contributed by atoms with Gasteiger partial charge in [0, 0.05) is 36.9 Å². The van der Waals surface area contributed by atoms with E-state index in [1.54, 1.807) is 7.11 Å². The Morgan fingerprint density at radius 2 is 2.03 bits per heavy atom. The standard InChI is InChI=1S/C22H25N5O2S/c1-16-14-26(12-11-23-16)20(28)15-30-22-25-24-21(17-7-6-10-19(13-17)29-2)27(22)18-8-4-3-5-9-18/h3-10,13,16,23H,11-12,14-15H2,1-2H3. The zero-order valence-electron chi connectivity index (χ0n) is 17.1. The Kier molecular flexibility index (Phi) is 6.35. The van der Waals surface area contributed by atoms with Gasteiger partial charge in [-0.3, -0.25) is 9.36 Å². The predicted molar refractivity (Wildman–Crippen MR) is 118 cm³/mol. The summed E-state index contributed by atoms with van der Waals surface area (Å²) < 4.78 is 7.36. The molecule has 7 nitrogen and oxygen atoms in total. The van der Waals surface area contributed by atoms with Crippen LogP contribution in [0.5, 0.6) is 5.75 Å². The summed E-state index contributed by atoms with van der Waals surface area (Å²) in [5, 5.41) is 12.9. The number of carbonyl (C=O) groups is 1. The van der Waals surface area contributed by atoms with Gasteiger partial charge in [0.05, 0.1) is 12.9 Å². The van der Waals surface area contributed by atoms with Crippen LogP contribution in [-0.2, 0) is 4.79 Å². The van der Waals surface area contributed by atoms with Gasteiger partial charge in [-0.1, -0.05) is 42.1 Å². The van der Waals surface area contributed by atoms with Crippen LogP contribution in [0.1, 0.15) is 6.92 Å². The van der Waals surface area contributed by atoms with E-state index >= 15 is 0 Å². The van der Waals surface area contributed by atoms with E-state index in [4.69, 9.17) is 4.74 Å². The Balaban J connectivity index is 1.61. The molecular formula is C22H25N5O2S. The number of amides is 1. The van der Waals surface area contributed by atoms with Crippen molar-refractivity contribution in [3.8, 4) is 22.8 Å². The van der Waals surface area contributed by atoms with Crippen molar-refractivity contribution in [1.82, 2.24) is 25.0 Å². The maximum Gasteiger partial charge on any atom is 0.233 e. The highest BCUT2D eigenvalue weighted by Gasteiger charge is 2.22. The molecule has 30 heavy (non-hydrogen) atoms. The van der Waals surface area contributed by atoms with E-state index in [0.717, 1.165) is 36.6 Å². The van der Waals surface area contributed by atoms with Gasteiger partial charge in [0.15, 0.2) is 11.0 Å². The molecule has 156 valence electrons. The molecule has 2 heterocycles. The summed E-state index contributed by atoms with van der Waals surface area (Å²) in [6.07, 6.45) is 0. The van der Waals surface area contributed by atoms with E-state index in [1.807, 2.05) is 64.1 Å². The average Bonchev–Trinajstić information content (AvgIpc) is 3.22. The third kappa shape index (κ3) is 4.49. The van der Waals surface area contributed by atoms with Crippen LogP contribution in [0.3, 0.4) is 0 Å². The number of carbonyl (C=O) groups excluding carboxylic acids is 1. The number of nitrogens with zero attached hydrogens (tertiary/aromatic N) is 4. The minimum absolute atomic E-state index is 0.124. The summed E-state index contributed by atoms with van der Waals surface area (Å²) >= 11 is 1.42. The smallest absolute Gasteiger partial charge is 0.233 e. The third-order valence-corrected chi connectivity index (χ3v) is 5.94. The highest BCUT2D eigenvalue weighted by molar-refractivity contribution is 7.99. The molecule has 3 aromatic rings. The maximum absolute atomic E-state index is 12.7. The van der Waals surface area contributed by atoms with Crippen LogP contribution in [0, 0.1) is 0 Å². The molecule has 1 N–H and O–H groups in total. The first-order valence-electron chi connectivity index (χ1n) is 9.95. The lowest BCUT2D eigenvalue weighted by Crippen LogP contribution is -2.51. The lowest BCUT2D eigenvalue weighted by atomic mass is 10.2. The minimum Gasteiger partial charge on any atom is -0.497 e.